The molecule has 5 aromatic rings. The molecule has 0 aliphatic rings. The Morgan fingerprint density at radius 1 is 0.952 bits per heavy atom. The molecule has 42 heavy (non-hydrogen) atoms. The lowest BCUT2D eigenvalue weighted by atomic mass is 9.98. The van der Waals surface area contributed by atoms with Crippen LogP contribution in [-0.4, -0.2) is 38.3 Å². The Labute approximate surface area is 251 Å². The van der Waals surface area contributed by atoms with E-state index < -0.39 is 5.91 Å². The van der Waals surface area contributed by atoms with Crippen molar-refractivity contribution in [3.8, 4) is 22.4 Å². The molecule has 0 radical (unpaired) electrons. The van der Waals surface area contributed by atoms with Crippen LogP contribution in [0.2, 0.25) is 10.0 Å². The van der Waals surface area contributed by atoms with Crippen molar-refractivity contribution in [2.75, 3.05) is 6.54 Å². The lowest BCUT2D eigenvalue weighted by molar-refractivity contribution is -0.129. The first-order valence-electron chi connectivity index (χ1n) is 13.4. The normalized spacial score (nSPS) is 11.1. The molecule has 2 heterocycles. The van der Waals surface area contributed by atoms with Gasteiger partial charge in [0.1, 0.15) is 11.5 Å². The lowest BCUT2D eigenvalue weighted by Crippen LogP contribution is -2.25. The molecule has 3 aromatic carbocycles. The minimum Gasteiger partial charge on any atom is -0.351 e. The van der Waals surface area contributed by atoms with Crippen LogP contribution in [0.4, 0.5) is 4.39 Å². The van der Waals surface area contributed by atoms with Crippen molar-refractivity contribution in [2.45, 2.75) is 32.2 Å². The molecule has 0 bridgehead atoms. The summed E-state index contributed by atoms with van der Waals surface area (Å²) in [4.78, 5) is 28.1. The monoisotopic (exact) mass is 607 g/mol. The maximum Gasteiger partial charge on any atom is 0.268 e. The third-order valence-corrected chi connectivity index (χ3v) is 7.44. The average Bonchev–Trinajstić information content (AvgIpc) is 3.56. The zero-order chi connectivity index (χ0) is 29.6. The molecule has 4 N–H and O–H groups in total. The Morgan fingerprint density at radius 2 is 1.69 bits per heavy atom. The van der Waals surface area contributed by atoms with Crippen molar-refractivity contribution in [2.24, 2.45) is 0 Å². The Hall–Kier alpha value is -4.18. The van der Waals surface area contributed by atoms with E-state index in [1.807, 2.05) is 35.0 Å². The summed E-state index contributed by atoms with van der Waals surface area (Å²) < 4.78 is 15.7. The number of carbonyl (C=O) groups excluding carboxylic acids is 2. The molecular formula is C31H28Cl2FN5O3. The number of aromatic amines is 1. The molecule has 216 valence electrons. The number of aromatic nitrogens is 3. The highest BCUT2D eigenvalue weighted by molar-refractivity contribution is 6.31. The van der Waals surface area contributed by atoms with E-state index in [4.69, 9.17) is 33.5 Å². The quantitative estimate of drug-likeness (QED) is 0.0736. The van der Waals surface area contributed by atoms with Crippen LogP contribution in [0, 0.1) is 5.82 Å². The number of hydrogen-bond acceptors (Lipinski definition) is 4. The van der Waals surface area contributed by atoms with Gasteiger partial charge in [0.25, 0.3) is 5.91 Å². The van der Waals surface area contributed by atoms with Crippen molar-refractivity contribution in [3.05, 3.63) is 100 Å². The van der Waals surface area contributed by atoms with Gasteiger partial charge in [-0.15, -0.1) is 0 Å². The minimum absolute atomic E-state index is 0.209. The van der Waals surface area contributed by atoms with Gasteiger partial charge in [-0.05, 0) is 60.4 Å². The zero-order valence-corrected chi connectivity index (χ0v) is 24.0. The predicted octanol–water partition coefficient (Wildman–Crippen LogP) is 6.99. The van der Waals surface area contributed by atoms with Crippen molar-refractivity contribution in [1.82, 2.24) is 25.6 Å². The third-order valence-electron chi connectivity index (χ3n) is 6.96. The zero-order valence-electron chi connectivity index (χ0n) is 22.5. The maximum atomic E-state index is 13.8. The molecule has 0 aliphatic carbocycles. The second-order valence-electron chi connectivity index (χ2n) is 9.86. The Balaban J connectivity index is 1.55. The van der Waals surface area contributed by atoms with Crippen LogP contribution in [-0.2, 0) is 11.3 Å². The second kappa shape index (κ2) is 13.2. The summed E-state index contributed by atoms with van der Waals surface area (Å²) in [5.41, 5.74) is 6.41. The first-order chi connectivity index (χ1) is 20.3. The molecular weight excluding hydrogens is 580 g/mol. The number of nitrogens with one attached hydrogen (secondary N) is 3. The number of amides is 2. The summed E-state index contributed by atoms with van der Waals surface area (Å²) >= 11 is 12.4. The van der Waals surface area contributed by atoms with Crippen LogP contribution in [0.25, 0.3) is 33.3 Å². The molecule has 8 nitrogen and oxygen atoms in total. The van der Waals surface area contributed by atoms with Crippen molar-refractivity contribution >= 4 is 45.9 Å². The topological polar surface area (TPSA) is 112 Å². The number of hydroxylamine groups is 1. The summed E-state index contributed by atoms with van der Waals surface area (Å²) in [5, 5.41) is 18.2. The standard InChI is InChI=1S/C31H28Cl2FN5O3/c32-21-9-5-19(6-10-21)18-39-30(25(17-36-39)20-7-12-23(34)13-8-20)28-24-14-11-22(33)16-26(24)37-29(28)31(41)35-15-3-1-2-4-27(40)38-42/h5-14,16-17,37,42H,1-4,15,18H2,(H,35,41)(H,38,40). The van der Waals surface area contributed by atoms with E-state index in [1.165, 1.54) is 12.1 Å². The molecule has 11 heteroatoms. The van der Waals surface area contributed by atoms with Crippen LogP contribution in [0.5, 0.6) is 0 Å². The van der Waals surface area contributed by atoms with E-state index in [0.29, 0.717) is 64.9 Å². The van der Waals surface area contributed by atoms with Crippen LogP contribution in [0.3, 0.4) is 0 Å². The molecule has 2 aromatic heterocycles. The minimum atomic E-state index is -0.437. The highest BCUT2D eigenvalue weighted by atomic mass is 35.5. The lowest BCUT2D eigenvalue weighted by Gasteiger charge is -2.13. The van der Waals surface area contributed by atoms with Gasteiger partial charge in [-0.1, -0.05) is 60.0 Å². The number of H-pyrrole nitrogens is 1. The highest BCUT2D eigenvalue weighted by Crippen LogP contribution is 2.40. The van der Waals surface area contributed by atoms with E-state index >= 15 is 0 Å². The van der Waals surface area contributed by atoms with Crippen LogP contribution in [0.15, 0.2) is 72.9 Å². The largest absolute Gasteiger partial charge is 0.351 e. The van der Waals surface area contributed by atoms with Gasteiger partial charge in [0.2, 0.25) is 5.91 Å². The number of carbonyl (C=O) groups is 2. The smallest absolute Gasteiger partial charge is 0.268 e. The Morgan fingerprint density at radius 3 is 2.43 bits per heavy atom. The van der Waals surface area contributed by atoms with Crippen molar-refractivity contribution in [3.63, 3.8) is 0 Å². The predicted molar refractivity (Wildman–Crippen MR) is 161 cm³/mol. The van der Waals surface area contributed by atoms with E-state index in [-0.39, 0.29) is 18.1 Å². The van der Waals surface area contributed by atoms with Gasteiger partial charge in [-0.2, -0.15) is 5.10 Å². The maximum absolute atomic E-state index is 13.8. The van der Waals surface area contributed by atoms with Gasteiger partial charge in [-0.25, -0.2) is 9.87 Å². The van der Waals surface area contributed by atoms with E-state index in [2.05, 4.69) is 10.3 Å². The molecule has 5 rings (SSSR count). The molecule has 2 amide bonds. The number of hydrogen-bond donors (Lipinski definition) is 4. The van der Waals surface area contributed by atoms with Gasteiger partial charge in [0.15, 0.2) is 0 Å². The van der Waals surface area contributed by atoms with Gasteiger partial charge in [-0.3, -0.25) is 19.5 Å². The number of halogens is 3. The molecule has 0 spiro atoms. The first kappa shape index (κ1) is 29.3. The second-order valence-corrected chi connectivity index (χ2v) is 10.7. The van der Waals surface area contributed by atoms with Crippen molar-refractivity contribution < 1.29 is 19.2 Å². The summed E-state index contributed by atoms with van der Waals surface area (Å²) in [7, 11) is 0. The van der Waals surface area contributed by atoms with E-state index in [9.17, 15) is 14.0 Å². The molecule has 0 fully saturated rings. The van der Waals surface area contributed by atoms with Gasteiger partial charge < -0.3 is 10.3 Å². The highest BCUT2D eigenvalue weighted by Gasteiger charge is 2.26. The number of unbranched alkanes of at least 4 members (excludes halogenated alkanes) is 2. The van der Waals surface area contributed by atoms with Crippen LogP contribution < -0.4 is 10.8 Å². The van der Waals surface area contributed by atoms with Crippen molar-refractivity contribution in [1.29, 1.82) is 0 Å². The van der Waals surface area contributed by atoms with Crippen LogP contribution in [0.1, 0.15) is 41.7 Å². The average molecular weight is 609 g/mol. The van der Waals surface area contributed by atoms with Gasteiger partial charge >= 0.3 is 0 Å². The SMILES string of the molecule is O=C(CCCCCNC(=O)c1[nH]c2cc(Cl)ccc2c1-c1c(-c2ccc(F)cc2)cnn1Cc1ccc(Cl)cc1)NO. The Kier molecular flexibility index (Phi) is 9.22. The van der Waals surface area contributed by atoms with Gasteiger partial charge in [0.05, 0.1) is 18.4 Å². The fraction of sp³-hybridized carbons (Fsp3) is 0.194. The van der Waals surface area contributed by atoms with Gasteiger partial charge in [0, 0.05) is 45.0 Å². The molecule has 0 atom stereocenters. The molecule has 0 saturated carbocycles. The molecule has 0 unspecified atom stereocenters. The third kappa shape index (κ3) is 6.65. The summed E-state index contributed by atoms with van der Waals surface area (Å²) in [5.74, 6) is -1.10. The number of nitrogens with zero attached hydrogens (tertiary/aromatic N) is 2. The van der Waals surface area contributed by atoms with Crippen LogP contribution >= 0.6 is 23.2 Å². The summed E-state index contributed by atoms with van der Waals surface area (Å²) in [6.07, 6.45) is 3.87. The molecule has 0 saturated heterocycles. The fourth-order valence-electron chi connectivity index (χ4n) is 4.89. The number of benzene rings is 3. The molecule has 0 aliphatic heterocycles. The van der Waals surface area contributed by atoms with E-state index in [1.54, 1.807) is 35.9 Å². The van der Waals surface area contributed by atoms with E-state index in [0.717, 1.165) is 22.1 Å². The number of fused-ring (bicyclic) bond motifs is 1. The first-order valence-corrected chi connectivity index (χ1v) is 14.2. The fourth-order valence-corrected chi connectivity index (χ4v) is 5.19. The summed E-state index contributed by atoms with van der Waals surface area (Å²) in [6, 6.07) is 19.0. The summed E-state index contributed by atoms with van der Waals surface area (Å²) in [6.45, 7) is 0.792. The Bertz CT molecular complexity index is 1720. The number of rotatable bonds is 11.